The maximum absolute atomic E-state index is 13.6. The smallest absolute Gasteiger partial charge is 0.459 e. The topological polar surface area (TPSA) is 184 Å². The molecule has 1 aliphatic rings. The molecule has 1 aromatic carbocycles. The molecule has 0 saturated carbocycles. The Kier molecular flexibility index (Phi) is 9.17. The highest BCUT2D eigenvalue weighted by Gasteiger charge is 2.54. The molecule has 0 radical (unpaired) electrons. The number of nitrogens with two attached hydrogens (primary N) is 1. The minimum atomic E-state index is -4.26. The zero-order valence-electron chi connectivity index (χ0n) is 20.6. The highest BCUT2D eigenvalue weighted by Crippen LogP contribution is 2.47. The number of esters is 1. The number of rotatable bonds is 10. The highest BCUT2D eigenvalue weighted by molar-refractivity contribution is 9.10. The van der Waals surface area contributed by atoms with Crippen LogP contribution in [0.3, 0.4) is 0 Å². The Hall–Kier alpha value is -2.32. The van der Waals surface area contributed by atoms with Crippen molar-refractivity contribution >= 4 is 35.5 Å². The van der Waals surface area contributed by atoms with Gasteiger partial charge in [-0.05, 0) is 55.8 Å². The Morgan fingerprint density at radius 1 is 1.35 bits per heavy atom. The molecule has 1 fully saturated rings. The van der Waals surface area contributed by atoms with Crippen molar-refractivity contribution in [2.75, 3.05) is 12.3 Å². The van der Waals surface area contributed by atoms with Crippen molar-refractivity contribution in [3.63, 3.8) is 0 Å². The summed E-state index contributed by atoms with van der Waals surface area (Å²) in [5.41, 5.74) is 2.83. The number of nitrogen functional groups attached to an aromatic ring is 1. The summed E-state index contributed by atoms with van der Waals surface area (Å²) in [6, 6.07) is 7.02. The summed E-state index contributed by atoms with van der Waals surface area (Å²) in [6.07, 6.45) is -3.34. The second kappa shape index (κ2) is 11.6. The fraction of sp³-hybridized carbons (Fsp3) is 0.500. The number of ether oxygens (including phenoxy) is 2. The van der Waals surface area contributed by atoms with Crippen LogP contribution in [0.15, 0.2) is 45.8 Å². The highest BCUT2D eigenvalue weighted by atomic mass is 79.9. The van der Waals surface area contributed by atoms with E-state index >= 15 is 0 Å². The normalized spacial score (nSPS) is 26.0. The number of aliphatic hydroxyl groups excluding tert-OH is 1. The third-order valence-electron chi connectivity index (χ3n) is 5.38. The van der Waals surface area contributed by atoms with Crippen LogP contribution in [-0.4, -0.2) is 62.3 Å². The van der Waals surface area contributed by atoms with E-state index in [1.807, 2.05) is 0 Å². The van der Waals surface area contributed by atoms with Crippen molar-refractivity contribution in [1.82, 2.24) is 14.6 Å². The first-order chi connectivity index (χ1) is 17.2. The number of hydrogen-bond acceptors (Lipinski definition) is 11. The number of anilines is 1. The predicted molar refractivity (Wildman–Crippen MR) is 136 cm³/mol. The third kappa shape index (κ3) is 6.96. The molecular weight excluding hydrogens is 575 g/mol. The Balaban J connectivity index is 1.81. The van der Waals surface area contributed by atoms with Gasteiger partial charge in [-0.3, -0.25) is 13.9 Å². The van der Waals surface area contributed by atoms with Gasteiger partial charge in [-0.15, -0.1) is 0 Å². The van der Waals surface area contributed by atoms with Gasteiger partial charge in [-0.2, -0.15) is 10.1 Å². The van der Waals surface area contributed by atoms with Crippen molar-refractivity contribution in [3.05, 3.63) is 51.5 Å². The molecule has 3 rings (SSSR count). The lowest BCUT2D eigenvalue weighted by molar-refractivity contribution is -0.149. The number of aromatic nitrogens is 2. The molecule has 37 heavy (non-hydrogen) atoms. The summed E-state index contributed by atoms with van der Waals surface area (Å²) in [5.74, 6) is -0.559. The summed E-state index contributed by atoms with van der Waals surface area (Å²) in [7, 11) is -4.26. The number of carbonyl (C=O) groups is 1. The lowest BCUT2D eigenvalue weighted by atomic mass is 9.96. The molecule has 13 nitrogen and oxygen atoms in total. The molecule has 0 amide bonds. The van der Waals surface area contributed by atoms with Gasteiger partial charge in [0.1, 0.15) is 35.4 Å². The first-order valence-corrected chi connectivity index (χ1v) is 13.6. The van der Waals surface area contributed by atoms with Gasteiger partial charge in [-0.25, -0.2) is 9.36 Å². The van der Waals surface area contributed by atoms with E-state index in [2.05, 4.69) is 26.0 Å². The summed E-state index contributed by atoms with van der Waals surface area (Å²) in [4.78, 5) is 28.3. The second-order valence-electron chi connectivity index (χ2n) is 8.90. The Labute approximate surface area is 221 Å². The molecule has 15 heteroatoms. The first kappa shape index (κ1) is 29.2. The number of carbonyl (C=O) groups excluding carboxylic acids is 1. The lowest BCUT2D eigenvalue weighted by Crippen LogP contribution is -2.46. The van der Waals surface area contributed by atoms with Gasteiger partial charge in [0.2, 0.25) is 0 Å². The van der Waals surface area contributed by atoms with Crippen molar-refractivity contribution in [2.45, 2.75) is 63.9 Å². The molecule has 5 N–H and O–H groups in total. The SMILES string of the molecule is CC(C)OC(=O)[C@@H](C)N[P@](=O)(OC[C@H]1O[C@@H](n2cc(Br)c(N)nc2=O)[C@](C)(O)[C@@H]1O)Oc1ccccc1. The van der Waals surface area contributed by atoms with E-state index in [1.165, 1.54) is 32.2 Å². The largest absolute Gasteiger partial charge is 0.462 e. The van der Waals surface area contributed by atoms with Gasteiger partial charge in [0.25, 0.3) is 0 Å². The van der Waals surface area contributed by atoms with Crippen molar-refractivity contribution in [1.29, 1.82) is 0 Å². The van der Waals surface area contributed by atoms with Crippen LogP contribution >= 0.6 is 23.7 Å². The number of nitrogens with zero attached hydrogens (tertiary/aromatic N) is 2. The van der Waals surface area contributed by atoms with Crippen LogP contribution in [-0.2, 0) is 23.4 Å². The zero-order chi connectivity index (χ0) is 27.5. The molecule has 2 aromatic rings. The summed E-state index contributed by atoms with van der Waals surface area (Å²) in [6.45, 7) is 5.48. The maximum Gasteiger partial charge on any atom is 0.459 e. The van der Waals surface area contributed by atoms with Crippen LogP contribution < -0.4 is 21.0 Å². The summed E-state index contributed by atoms with van der Waals surface area (Å²) < 4.78 is 36.9. The van der Waals surface area contributed by atoms with E-state index in [0.717, 1.165) is 4.57 Å². The molecule has 0 spiro atoms. The summed E-state index contributed by atoms with van der Waals surface area (Å²) >= 11 is 3.16. The molecule has 2 heterocycles. The number of aliphatic hydroxyl groups is 2. The van der Waals surface area contributed by atoms with E-state index in [1.54, 1.807) is 32.0 Å². The van der Waals surface area contributed by atoms with Crippen molar-refractivity contribution < 1.29 is 38.1 Å². The quantitative estimate of drug-likeness (QED) is 0.228. The maximum atomic E-state index is 13.6. The molecule has 0 unspecified atom stereocenters. The average molecular weight is 605 g/mol. The van der Waals surface area contributed by atoms with Gasteiger partial charge >= 0.3 is 19.4 Å². The van der Waals surface area contributed by atoms with Crippen LogP contribution in [0, 0.1) is 0 Å². The third-order valence-corrected chi connectivity index (χ3v) is 7.63. The first-order valence-electron chi connectivity index (χ1n) is 11.3. The fourth-order valence-electron chi connectivity index (χ4n) is 3.51. The minimum Gasteiger partial charge on any atom is -0.462 e. The van der Waals surface area contributed by atoms with E-state index < -0.39 is 62.2 Å². The standard InChI is InChI=1S/C22H30BrN4O9P/c1-12(2)34-19(29)13(3)26-37(32,36-14-8-6-5-7-9-14)33-11-16-17(28)22(4,31)20(35-16)27-10-15(23)18(24)25-21(27)30/h5-10,12-13,16-17,20,28,31H,11H2,1-4H3,(H,26,32)(H2,24,25,30)/t13-,16-,17-,20-,22-,37+/m1/s1. The molecule has 1 aliphatic heterocycles. The Morgan fingerprint density at radius 3 is 2.62 bits per heavy atom. The van der Waals surface area contributed by atoms with Crippen LogP contribution in [0.5, 0.6) is 5.75 Å². The number of para-hydroxylation sites is 1. The molecule has 204 valence electrons. The Bertz CT molecular complexity index is 1210. The number of benzene rings is 1. The van der Waals surface area contributed by atoms with Crippen LogP contribution in [0.4, 0.5) is 5.82 Å². The van der Waals surface area contributed by atoms with E-state index in [-0.39, 0.29) is 16.0 Å². The van der Waals surface area contributed by atoms with Crippen molar-refractivity contribution in [3.8, 4) is 5.75 Å². The minimum absolute atomic E-state index is 0.0606. The van der Waals surface area contributed by atoms with E-state index in [4.69, 9.17) is 24.3 Å². The number of halogens is 1. The Morgan fingerprint density at radius 2 is 2.00 bits per heavy atom. The van der Waals surface area contributed by atoms with Gasteiger partial charge < -0.3 is 29.9 Å². The molecule has 0 bridgehead atoms. The van der Waals surface area contributed by atoms with Gasteiger partial charge in [-0.1, -0.05) is 18.2 Å². The van der Waals surface area contributed by atoms with Crippen LogP contribution in [0.25, 0.3) is 0 Å². The molecule has 1 aromatic heterocycles. The average Bonchev–Trinajstić information content (AvgIpc) is 3.03. The number of nitrogens with one attached hydrogen (secondary N) is 1. The zero-order valence-corrected chi connectivity index (χ0v) is 23.1. The van der Waals surface area contributed by atoms with Gasteiger partial charge in [0, 0.05) is 6.20 Å². The van der Waals surface area contributed by atoms with Crippen LogP contribution in [0.2, 0.25) is 0 Å². The van der Waals surface area contributed by atoms with E-state index in [9.17, 15) is 24.4 Å². The fourth-order valence-corrected chi connectivity index (χ4v) is 5.32. The van der Waals surface area contributed by atoms with Crippen molar-refractivity contribution in [2.24, 2.45) is 0 Å². The van der Waals surface area contributed by atoms with Crippen LogP contribution in [0.1, 0.15) is 33.9 Å². The molecule has 6 atom stereocenters. The molecular formula is C22H30BrN4O9P. The second-order valence-corrected chi connectivity index (χ2v) is 11.4. The molecule has 1 saturated heterocycles. The molecule has 0 aliphatic carbocycles. The van der Waals surface area contributed by atoms with E-state index in [0.29, 0.717) is 0 Å². The van der Waals surface area contributed by atoms with Gasteiger partial charge in [0.15, 0.2) is 6.23 Å². The number of hydrogen-bond donors (Lipinski definition) is 4. The van der Waals surface area contributed by atoms with Gasteiger partial charge in [0.05, 0.1) is 17.2 Å². The predicted octanol–water partition coefficient (Wildman–Crippen LogP) is 1.73. The monoisotopic (exact) mass is 604 g/mol. The summed E-state index contributed by atoms with van der Waals surface area (Å²) in [5, 5.41) is 24.2. The lowest BCUT2D eigenvalue weighted by Gasteiger charge is -2.27.